The lowest BCUT2D eigenvalue weighted by Crippen LogP contribution is -2.49. The fourth-order valence-corrected chi connectivity index (χ4v) is 4.60. The summed E-state index contributed by atoms with van der Waals surface area (Å²) >= 11 is 0. The van der Waals surface area contributed by atoms with Gasteiger partial charge in [0.15, 0.2) is 11.3 Å². The topological polar surface area (TPSA) is 108 Å². The SMILES string of the molecule is O=C1[C@@H](COc2cn[nH]c(=O)c2C(F)(F)F)CC[C@H]1CC(=O)N1CCN(c2ccc(C(F)(F)F)cn2)CC1. The molecule has 2 atom stereocenters. The third kappa shape index (κ3) is 6.07. The molecule has 0 radical (unpaired) electrons. The number of H-pyrrole nitrogens is 1. The van der Waals surface area contributed by atoms with Gasteiger partial charge in [-0.1, -0.05) is 0 Å². The molecule has 2 aliphatic rings. The van der Waals surface area contributed by atoms with Crippen molar-refractivity contribution in [1.29, 1.82) is 0 Å². The van der Waals surface area contributed by atoms with Crippen molar-refractivity contribution in [2.45, 2.75) is 31.6 Å². The zero-order valence-electron chi connectivity index (χ0n) is 19.8. The largest absolute Gasteiger partial charge is 0.490 e. The predicted octanol–water partition coefficient (Wildman–Crippen LogP) is 2.92. The van der Waals surface area contributed by atoms with E-state index in [-0.39, 0.29) is 24.7 Å². The Morgan fingerprint density at radius 2 is 1.66 bits per heavy atom. The molecule has 1 aliphatic carbocycles. The van der Waals surface area contributed by atoms with Gasteiger partial charge in [-0.15, -0.1) is 0 Å². The number of piperazine rings is 1. The van der Waals surface area contributed by atoms with Crippen LogP contribution in [0.2, 0.25) is 0 Å². The van der Waals surface area contributed by atoms with E-state index in [1.807, 2.05) is 0 Å². The lowest BCUT2D eigenvalue weighted by molar-refractivity contribution is -0.140. The summed E-state index contributed by atoms with van der Waals surface area (Å²) in [5.41, 5.74) is -3.84. The molecule has 9 nitrogen and oxygen atoms in total. The van der Waals surface area contributed by atoms with Crippen LogP contribution in [0.15, 0.2) is 29.3 Å². The molecule has 0 bridgehead atoms. The molecule has 0 spiro atoms. The lowest BCUT2D eigenvalue weighted by atomic mass is 9.99. The fraction of sp³-hybridized carbons (Fsp3) is 0.522. The van der Waals surface area contributed by atoms with Crippen molar-refractivity contribution in [3.05, 3.63) is 46.0 Å². The van der Waals surface area contributed by atoms with Crippen LogP contribution in [0, 0.1) is 11.8 Å². The van der Waals surface area contributed by atoms with Crippen LogP contribution in [0.3, 0.4) is 0 Å². The Hall–Kier alpha value is -3.65. The number of Topliss-reactive ketones (excluding diaryl/α,β-unsaturated/α-hetero) is 1. The molecule has 0 aromatic carbocycles. The fourth-order valence-electron chi connectivity index (χ4n) is 4.60. The summed E-state index contributed by atoms with van der Waals surface area (Å²) in [6, 6.07) is 2.22. The van der Waals surface area contributed by atoms with Gasteiger partial charge < -0.3 is 14.5 Å². The second-order valence-electron chi connectivity index (χ2n) is 9.10. The summed E-state index contributed by atoms with van der Waals surface area (Å²) in [6.45, 7) is 0.919. The minimum atomic E-state index is -4.97. The maximum atomic E-state index is 13.2. The van der Waals surface area contributed by atoms with E-state index >= 15 is 0 Å². The minimum absolute atomic E-state index is 0.0613. The Bertz CT molecular complexity index is 1220. The first-order chi connectivity index (χ1) is 17.8. The van der Waals surface area contributed by atoms with Crippen molar-refractivity contribution in [3.63, 3.8) is 0 Å². The Balaban J connectivity index is 1.27. The van der Waals surface area contributed by atoms with E-state index in [4.69, 9.17) is 4.74 Å². The zero-order valence-corrected chi connectivity index (χ0v) is 19.8. The van der Waals surface area contributed by atoms with Gasteiger partial charge in [-0.05, 0) is 25.0 Å². The van der Waals surface area contributed by atoms with Gasteiger partial charge in [0.1, 0.15) is 11.6 Å². The maximum absolute atomic E-state index is 13.2. The highest BCUT2D eigenvalue weighted by Crippen LogP contribution is 2.35. The number of carbonyl (C=O) groups is 2. The number of alkyl halides is 6. The van der Waals surface area contributed by atoms with E-state index < -0.39 is 46.6 Å². The molecule has 2 aromatic heterocycles. The van der Waals surface area contributed by atoms with Gasteiger partial charge in [-0.3, -0.25) is 14.4 Å². The summed E-state index contributed by atoms with van der Waals surface area (Å²) < 4.78 is 82.8. The summed E-state index contributed by atoms with van der Waals surface area (Å²) in [7, 11) is 0. The number of ether oxygens (including phenoxy) is 1. The van der Waals surface area contributed by atoms with E-state index in [1.54, 1.807) is 14.9 Å². The normalized spacial score (nSPS) is 20.6. The van der Waals surface area contributed by atoms with Crippen LogP contribution in [-0.2, 0) is 21.9 Å². The van der Waals surface area contributed by atoms with Crippen molar-refractivity contribution in [1.82, 2.24) is 20.1 Å². The van der Waals surface area contributed by atoms with Crippen LogP contribution in [0.4, 0.5) is 32.2 Å². The number of pyridine rings is 1. The maximum Gasteiger partial charge on any atom is 0.425 e. The summed E-state index contributed by atoms with van der Waals surface area (Å²) in [4.78, 5) is 44.3. The molecule has 0 unspecified atom stereocenters. The number of aromatic amines is 1. The van der Waals surface area contributed by atoms with Gasteiger partial charge >= 0.3 is 12.4 Å². The average molecular weight is 547 g/mol. The third-order valence-electron chi connectivity index (χ3n) is 6.67. The Kier molecular flexibility index (Phi) is 7.65. The summed E-state index contributed by atoms with van der Waals surface area (Å²) in [6.07, 6.45) is -7.33. The van der Waals surface area contributed by atoms with Crippen molar-refractivity contribution in [2.75, 3.05) is 37.7 Å². The quantitative estimate of drug-likeness (QED) is 0.554. The number of anilines is 1. The second-order valence-corrected chi connectivity index (χ2v) is 9.10. The first-order valence-corrected chi connectivity index (χ1v) is 11.7. The number of rotatable bonds is 6. The first kappa shape index (κ1) is 27.4. The second kappa shape index (κ2) is 10.6. The van der Waals surface area contributed by atoms with Gasteiger partial charge in [-0.25, -0.2) is 10.1 Å². The Morgan fingerprint density at radius 3 is 2.26 bits per heavy atom. The molecule has 1 N–H and O–H groups in total. The van der Waals surface area contributed by atoms with Crippen LogP contribution < -0.4 is 15.2 Å². The Labute approximate surface area is 211 Å². The smallest absolute Gasteiger partial charge is 0.425 e. The van der Waals surface area contributed by atoms with Gasteiger partial charge in [0, 0.05) is 44.7 Å². The molecule has 15 heteroatoms. The molecule has 1 saturated carbocycles. The van der Waals surface area contributed by atoms with Crippen molar-refractivity contribution >= 4 is 17.5 Å². The van der Waals surface area contributed by atoms with Crippen LogP contribution in [0.5, 0.6) is 5.75 Å². The number of ketones is 1. The lowest BCUT2D eigenvalue weighted by Gasteiger charge is -2.35. The highest BCUT2D eigenvalue weighted by molar-refractivity contribution is 5.90. The van der Waals surface area contributed by atoms with Crippen LogP contribution in [0.1, 0.15) is 30.4 Å². The van der Waals surface area contributed by atoms with E-state index in [2.05, 4.69) is 10.1 Å². The number of hydrogen-bond acceptors (Lipinski definition) is 7. The summed E-state index contributed by atoms with van der Waals surface area (Å²) in [5, 5.41) is 5.02. The van der Waals surface area contributed by atoms with Crippen molar-refractivity contribution in [2.24, 2.45) is 11.8 Å². The monoisotopic (exact) mass is 547 g/mol. The number of nitrogens with zero attached hydrogens (tertiary/aromatic N) is 4. The number of aromatic nitrogens is 3. The molecule has 38 heavy (non-hydrogen) atoms. The first-order valence-electron chi connectivity index (χ1n) is 11.7. The number of nitrogens with one attached hydrogen (secondary N) is 1. The van der Waals surface area contributed by atoms with Crippen LogP contribution in [0.25, 0.3) is 0 Å². The molecular formula is C23H23F6N5O4. The van der Waals surface area contributed by atoms with E-state index in [0.717, 1.165) is 18.5 Å². The van der Waals surface area contributed by atoms with Crippen LogP contribution in [-0.4, -0.2) is 64.6 Å². The molecule has 1 saturated heterocycles. The van der Waals surface area contributed by atoms with E-state index in [1.165, 1.54) is 6.07 Å². The average Bonchev–Trinajstić information content (AvgIpc) is 3.20. The van der Waals surface area contributed by atoms with Gasteiger partial charge in [0.25, 0.3) is 5.56 Å². The third-order valence-corrected chi connectivity index (χ3v) is 6.67. The van der Waals surface area contributed by atoms with E-state index in [9.17, 15) is 40.7 Å². The molecular weight excluding hydrogens is 524 g/mol. The number of hydrogen-bond donors (Lipinski definition) is 1. The number of halogens is 6. The van der Waals surface area contributed by atoms with Crippen LogP contribution >= 0.6 is 0 Å². The molecule has 4 rings (SSSR count). The molecule has 1 aliphatic heterocycles. The molecule has 2 fully saturated rings. The predicted molar refractivity (Wildman–Crippen MR) is 119 cm³/mol. The molecule has 206 valence electrons. The molecule has 3 heterocycles. The molecule has 2 aromatic rings. The zero-order chi connectivity index (χ0) is 27.7. The van der Waals surface area contributed by atoms with Gasteiger partial charge in [0.05, 0.1) is 24.3 Å². The number of carbonyl (C=O) groups excluding carboxylic acids is 2. The standard InChI is InChI=1S/C23H23F6N5O4/c24-22(25,26)15-3-4-17(30-10-15)33-5-7-34(8-6-33)18(35)9-13-1-2-14(20(13)36)12-38-16-11-31-32-21(37)19(16)23(27,28)29/h3-4,10-11,13-14H,1-2,5-9,12H2,(H,32,37)/t13-,14+/m0/s1. The minimum Gasteiger partial charge on any atom is -0.490 e. The van der Waals surface area contributed by atoms with Crippen molar-refractivity contribution in [3.8, 4) is 5.75 Å². The van der Waals surface area contributed by atoms with Gasteiger partial charge in [-0.2, -0.15) is 31.4 Å². The highest BCUT2D eigenvalue weighted by atomic mass is 19.4. The van der Waals surface area contributed by atoms with Crippen molar-refractivity contribution < 1.29 is 40.7 Å². The van der Waals surface area contributed by atoms with Gasteiger partial charge in [0.2, 0.25) is 5.91 Å². The summed E-state index contributed by atoms with van der Waals surface area (Å²) in [5.74, 6) is -2.29. The molecule has 1 amide bonds. The highest BCUT2D eigenvalue weighted by Gasteiger charge is 2.40. The van der Waals surface area contributed by atoms with E-state index in [0.29, 0.717) is 44.8 Å². The number of amides is 1. The Morgan fingerprint density at radius 1 is 0.974 bits per heavy atom.